The first-order chi connectivity index (χ1) is 9.81. The molecule has 1 saturated heterocycles. The molecule has 0 aromatic carbocycles. The molecule has 21 heavy (non-hydrogen) atoms. The Bertz CT molecular complexity index is 360. The van der Waals surface area contributed by atoms with Gasteiger partial charge in [0.05, 0.1) is 6.54 Å². The molecule has 1 aliphatic heterocycles. The molecule has 0 spiro atoms. The van der Waals surface area contributed by atoms with Crippen molar-refractivity contribution in [3.8, 4) is 0 Å². The second-order valence-electron chi connectivity index (χ2n) is 6.44. The lowest BCUT2D eigenvalue weighted by Crippen LogP contribution is -2.44. The van der Waals surface area contributed by atoms with Gasteiger partial charge in [-0.2, -0.15) is 0 Å². The van der Waals surface area contributed by atoms with E-state index in [2.05, 4.69) is 25.7 Å². The summed E-state index contributed by atoms with van der Waals surface area (Å²) in [7, 11) is 1.88. The summed E-state index contributed by atoms with van der Waals surface area (Å²) in [5.74, 6) is 0.730. The third-order valence-electron chi connectivity index (χ3n) is 4.13. The molecule has 0 radical (unpaired) electrons. The normalized spacial score (nSPS) is 18.4. The van der Waals surface area contributed by atoms with Gasteiger partial charge in [0.25, 0.3) is 0 Å². The molecule has 1 atom stereocenters. The molecule has 0 aliphatic carbocycles. The fourth-order valence-corrected chi connectivity index (χ4v) is 2.74. The number of nitrogens with two attached hydrogens (primary N) is 1. The van der Waals surface area contributed by atoms with Crippen molar-refractivity contribution in [1.29, 1.82) is 0 Å². The molecule has 1 aliphatic rings. The topological polar surface area (TPSA) is 69.9 Å². The summed E-state index contributed by atoms with van der Waals surface area (Å²) < 4.78 is 0. The van der Waals surface area contributed by atoms with Crippen molar-refractivity contribution < 1.29 is 9.59 Å². The number of urea groups is 1. The van der Waals surface area contributed by atoms with Gasteiger partial charge in [0.1, 0.15) is 0 Å². The molecule has 2 N–H and O–H groups in total. The molecule has 0 aromatic rings. The molecule has 1 fully saturated rings. The zero-order chi connectivity index (χ0) is 16.0. The minimum absolute atomic E-state index is 0.149. The predicted molar refractivity (Wildman–Crippen MR) is 83.9 cm³/mol. The molecule has 6 heteroatoms. The van der Waals surface area contributed by atoms with Gasteiger partial charge < -0.3 is 15.5 Å². The summed E-state index contributed by atoms with van der Waals surface area (Å²) in [4.78, 5) is 29.1. The molecule has 3 amide bonds. The van der Waals surface area contributed by atoms with Crippen LogP contribution in [0.1, 0.15) is 33.6 Å². The zero-order valence-electron chi connectivity index (χ0n) is 13.8. The Kier molecular flexibility index (Phi) is 6.95. The Morgan fingerprint density at radius 2 is 1.81 bits per heavy atom. The van der Waals surface area contributed by atoms with Gasteiger partial charge in [-0.15, -0.1) is 0 Å². The van der Waals surface area contributed by atoms with Crippen LogP contribution in [0.15, 0.2) is 0 Å². The van der Waals surface area contributed by atoms with Crippen LogP contribution in [0.4, 0.5) is 4.79 Å². The molecular weight excluding hydrogens is 268 g/mol. The lowest BCUT2D eigenvalue weighted by molar-refractivity contribution is -0.133. The van der Waals surface area contributed by atoms with Gasteiger partial charge >= 0.3 is 6.03 Å². The molecule has 0 aromatic heterocycles. The van der Waals surface area contributed by atoms with E-state index in [9.17, 15) is 9.59 Å². The largest absolute Gasteiger partial charge is 0.351 e. The van der Waals surface area contributed by atoms with Crippen LogP contribution in [0.3, 0.4) is 0 Å². The van der Waals surface area contributed by atoms with E-state index in [4.69, 9.17) is 5.73 Å². The van der Waals surface area contributed by atoms with E-state index in [0.717, 1.165) is 19.4 Å². The van der Waals surface area contributed by atoms with Gasteiger partial charge in [-0.3, -0.25) is 9.69 Å². The number of nitrogens with zero attached hydrogens (tertiary/aromatic N) is 3. The Morgan fingerprint density at radius 1 is 1.14 bits per heavy atom. The molecule has 6 nitrogen and oxygen atoms in total. The van der Waals surface area contributed by atoms with Crippen LogP contribution in [0.2, 0.25) is 0 Å². The van der Waals surface area contributed by atoms with E-state index in [0.29, 0.717) is 32.1 Å². The summed E-state index contributed by atoms with van der Waals surface area (Å²) in [6.45, 7) is 9.68. The highest BCUT2D eigenvalue weighted by molar-refractivity contribution is 5.78. The molecule has 0 saturated carbocycles. The van der Waals surface area contributed by atoms with Crippen LogP contribution in [-0.2, 0) is 4.79 Å². The van der Waals surface area contributed by atoms with E-state index in [1.54, 1.807) is 4.90 Å². The predicted octanol–water partition coefficient (Wildman–Crippen LogP) is 0.966. The van der Waals surface area contributed by atoms with Gasteiger partial charge in [0.15, 0.2) is 0 Å². The summed E-state index contributed by atoms with van der Waals surface area (Å²) in [6, 6.07) is -0.113. The van der Waals surface area contributed by atoms with Crippen molar-refractivity contribution in [3.63, 3.8) is 0 Å². The van der Waals surface area contributed by atoms with Crippen LogP contribution in [-0.4, -0.2) is 72.5 Å². The first kappa shape index (κ1) is 17.8. The van der Waals surface area contributed by atoms with Crippen LogP contribution in [0.25, 0.3) is 0 Å². The van der Waals surface area contributed by atoms with Crippen LogP contribution in [0, 0.1) is 5.92 Å². The van der Waals surface area contributed by atoms with Crippen molar-refractivity contribution in [2.24, 2.45) is 11.7 Å². The molecule has 0 unspecified atom stereocenters. The summed E-state index contributed by atoms with van der Waals surface area (Å²) >= 11 is 0. The molecule has 1 rings (SSSR count). The van der Waals surface area contributed by atoms with E-state index in [1.807, 2.05) is 11.9 Å². The maximum Gasteiger partial charge on any atom is 0.314 e. The van der Waals surface area contributed by atoms with Crippen molar-refractivity contribution in [2.45, 2.75) is 39.7 Å². The monoisotopic (exact) mass is 298 g/mol. The summed E-state index contributed by atoms with van der Waals surface area (Å²) in [6.07, 6.45) is 1.87. The van der Waals surface area contributed by atoms with Gasteiger partial charge in [-0.1, -0.05) is 13.8 Å². The van der Waals surface area contributed by atoms with Crippen LogP contribution in [0.5, 0.6) is 0 Å². The minimum atomic E-state index is -0.370. The lowest BCUT2D eigenvalue weighted by atomic mass is 10.0. The first-order valence-electron chi connectivity index (χ1n) is 7.83. The third-order valence-corrected chi connectivity index (χ3v) is 4.13. The average molecular weight is 298 g/mol. The number of carbonyl (C=O) groups excluding carboxylic acids is 2. The Hall–Kier alpha value is -1.30. The fourth-order valence-electron chi connectivity index (χ4n) is 2.74. The highest BCUT2D eigenvalue weighted by Gasteiger charge is 2.22. The lowest BCUT2D eigenvalue weighted by Gasteiger charge is -2.29. The van der Waals surface area contributed by atoms with Crippen molar-refractivity contribution >= 4 is 11.9 Å². The van der Waals surface area contributed by atoms with E-state index < -0.39 is 0 Å². The van der Waals surface area contributed by atoms with E-state index in [-0.39, 0.29) is 18.0 Å². The van der Waals surface area contributed by atoms with Crippen molar-refractivity contribution in [1.82, 2.24) is 14.7 Å². The van der Waals surface area contributed by atoms with Crippen molar-refractivity contribution in [3.05, 3.63) is 0 Å². The number of amides is 3. The Labute approximate surface area is 128 Å². The SMILES string of the molecule is CC(C)C[C@H](C)N(C)C(=O)CN1CCCN(C(N)=O)CC1. The highest BCUT2D eigenvalue weighted by Crippen LogP contribution is 2.10. The second kappa shape index (κ2) is 8.22. The van der Waals surface area contributed by atoms with E-state index >= 15 is 0 Å². The Balaban J connectivity index is 2.45. The number of likely N-dealkylation sites (N-methyl/N-ethyl adjacent to an activating group) is 1. The standard InChI is InChI=1S/C15H30N4O2/c1-12(2)10-13(3)17(4)14(20)11-18-6-5-7-19(9-8-18)15(16)21/h12-13H,5-11H2,1-4H3,(H2,16,21)/t13-/m0/s1. The molecule has 1 heterocycles. The number of hydrogen-bond donors (Lipinski definition) is 1. The quantitative estimate of drug-likeness (QED) is 0.822. The maximum atomic E-state index is 12.3. The van der Waals surface area contributed by atoms with Gasteiger partial charge in [-0.25, -0.2) is 4.79 Å². The molecule has 0 bridgehead atoms. The second-order valence-corrected chi connectivity index (χ2v) is 6.44. The van der Waals surface area contributed by atoms with Crippen LogP contribution >= 0.6 is 0 Å². The maximum absolute atomic E-state index is 12.3. The summed E-state index contributed by atoms with van der Waals surface area (Å²) in [5.41, 5.74) is 5.31. The van der Waals surface area contributed by atoms with Crippen molar-refractivity contribution in [2.75, 3.05) is 39.8 Å². The van der Waals surface area contributed by atoms with Gasteiger partial charge in [0, 0.05) is 39.3 Å². The highest BCUT2D eigenvalue weighted by atomic mass is 16.2. The van der Waals surface area contributed by atoms with E-state index in [1.165, 1.54) is 0 Å². The number of rotatable bonds is 5. The van der Waals surface area contributed by atoms with Crippen LogP contribution < -0.4 is 5.73 Å². The zero-order valence-corrected chi connectivity index (χ0v) is 13.8. The average Bonchev–Trinajstić information content (AvgIpc) is 2.62. The number of hydrogen-bond acceptors (Lipinski definition) is 3. The molecular formula is C15H30N4O2. The molecule has 122 valence electrons. The minimum Gasteiger partial charge on any atom is -0.351 e. The fraction of sp³-hybridized carbons (Fsp3) is 0.867. The number of primary amides is 1. The van der Waals surface area contributed by atoms with Gasteiger partial charge in [-0.05, 0) is 25.7 Å². The van der Waals surface area contributed by atoms with Gasteiger partial charge in [0.2, 0.25) is 5.91 Å². The smallest absolute Gasteiger partial charge is 0.314 e. The summed E-state index contributed by atoms with van der Waals surface area (Å²) in [5, 5.41) is 0. The third kappa shape index (κ3) is 5.91. The Morgan fingerprint density at radius 3 is 2.38 bits per heavy atom. The number of carbonyl (C=O) groups is 2. The first-order valence-corrected chi connectivity index (χ1v) is 7.83.